The number of hydrogen-bond acceptors (Lipinski definition) is 3. The van der Waals surface area contributed by atoms with E-state index in [1.807, 2.05) is 20.8 Å². The second-order valence-electron chi connectivity index (χ2n) is 4.75. The van der Waals surface area contributed by atoms with Gasteiger partial charge in [0.1, 0.15) is 10.8 Å². The molecule has 0 spiro atoms. The van der Waals surface area contributed by atoms with Gasteiger partial charge in [0.15, 0.2) is 0 Å². The zero-order valence-electron chi connectivity index (χ0n) is 12.0. The van der Waals surface area contributed by atoms with Crippen molar-refractivity contribution >= 4 is 28.8 Å². The molecule has 1 heterocycles. The lowest BCUT2D eigenvalue weighted by atomic mass is 10.1. The molecule has 0 aliphatic rings. The van der Waals surface area contributed by atoms with E-state index in [9.17, 15) is 9.18 Å². The fraction of sp³-hybridized carbons (Fsp3) is 0.333. The number of amides is 1. The normalized spacial score (nSPS) is 12.2. The Labute approximate surface area is 132 Å². The summed E-state index contributed by atoms with van der Waals surface area (Å²) in [5.74, 6) is -0.785. The van der Waals surface area contributed by atoms with Crippen LogP contribution in [0.1, 0.15) is 45.3 Å². The highest BCUT2D eigenvalue weighted by atomic mass is 35.5. The fourth-order valence-electron chi connectivity index (χ4n) is 1.89. The molecule has 0 aliphatic heterocycles. The molecule has 0 saturated heterocycles. The molecule has 21 heavy (non-hydrogen) atoms. The van der Waals surface area contributed by atoms with Crippen molar-refractivity contribution in [1.82, 2.24) is 10.3 Å². The summed E-state index contributed by atoms with van der Waals surface area (Å²) >= 11 is 7.48. The van der Waals surface area contributed by atoms with Gasteiger partial charge in [-0.15, -0.1) is 11.3 Å². The van der Waals surface area contributed by atoms with Gasteiger partial charge in [-0.2, -0.15) is 0 Å². The van der Waals surface area contributed by atoms with Gasteiger partial charge in [-0.1, -0.05) is 18.5 Å². The van der Waals surface area contributed by atoms with Crippen LogP contribution in [0.4, 0.5) is 4.39 Å². The average molecular weight is 327 g/mol. The van der Waals surface area contributed by atoms with Crippen LogP contribution in [0.3, 0.4) is 0 Å². The number of aromatic nitrogens is 1. The molecule has 1 aromatic heterocycles. The van der Waals surface area contributed by atoms with Crippen molar-refractivity contribution in [2.45, 2.75) is 33.2 Å². The van der Waals surface area contributed by atoms with E-state index in [4.69, 9.17) is 11.6 Å². The predicted octanol–water partition coefficient (Wildman–Crippen LogP) is 4.43. The summed E-state index contributed by atoms with van der Waals surface area (Å²) in [7, 11) is 0. The van der Waals surface area contributed by atoms with Crippen LogP contribution in [0.2, 0.25) is 5.02 Å². The average Bonchev–Trinajstić information content (AvgIpc) is 2.75. The second-order valence-corrected chi connectivity index (χ2v) is 6.39. The molecule has 112 valence electrons. The number of thiazole rings is 1. The van der Waals surface area contributed by atoms with E-state index in [2.05, 4.69) is 10.3 Å². The molecular weight excluding hydrogens is 311 g/mol. The number of hydrogen-bond donors (Lipinski definition) is 1. The first-order valence-corrected chi connectivity index (χ1v) is 7.81. The summed E-state index contributed by atoms with van der Waals surface area (Å²) in [6.45, 7) is 5.92. The highest BCUT2D eigenvalue weighted by molar-refractivity contribution is 7.11. The summed E-state index contributed by atoms with van der Waals surface area (Å²) in [6, 6.07) is 3.57. The highest BCUT2D eigenvalue weighted by Gasteiger charge is 2.19. The monoisotopic (exact) mass is 326 g/mol. The Morgan fingerprint density at radius 1 is 1.48 bits per heavy atom. The molecule has 0 bridgehead atoms. The molecule has 2 aromatic rings. The van der Waals surface area contributed by atoms with Gasteiger partial charge in [0, 0.05) is 4.88 Å². The Morgan fingerprint density at radius 3 is 2.71 bits per heavy atom. The van der Waals surface area contributed by atoms with Gasteiger partial charge in [0.2, 0.25) is 0 Å². The molecule has 3 nitrogen and oxygen atoms in total. The predicted molar refractivity (Wildman–Crippen MR) is 83.5 cm³/mol. The Balaban J connectivity index is 2.20. The van der Waals surface area contributed by atoms with Crippen molar-refractivity contribution in [2.75, 3.05) is 0 Å². The molecule has 1 aromatic carbocycles. The van der Waals surface area contributed by atoms with E-state index in [-0.39, 0.29) is 22.5 Å². The summed E-state index contributed by atoms with van der Waals surface area (Å²) in [5, 5.41) is 3.88. The van der Waals surface area contributed by atoms with Crippen molar-refractivity contribution in [1.29, 1.82) is 0 Å². The maximum absolute atomic E-state index is 13.0. The molecule has 0 radical (unpaired) electrons. The summed E-state index contributed by atoms with van der Waals surface area (Å²) in [5.41, 5.74) is 1.24. The van der Waals surface area contributed by atoms with E-state index in [1.165, 1.54) is 12.1 Å². The fourth-order valence-corrected chi connectivity index (χ4v) is 3.21. The molecule has 1 N–H and O–H groups in total. The number of nitrogens with one attached hydrogen (secondary N) is 1. The number of rotatable bonds is 4. The number of nitrogens with zero attached hydrogens (tertiary/aromatic N) is 1. The van der Waals surface area contributed by atoms with E-state index in [1.54, 1.807) is 11.3 Å². The first-order valence-electron chi connectivity index (χ1n) is 6.62. The Hall–Kier alpha value is -1.46. The lowest BCUT2D eigenvalue weighted by Crippen LogP contribution is -2.28. The van der Waals surface area contributed by atoms with Gasteiger partial charge >= 0.3 is 0 Å². The van der Waals surface area contributed by atoms with Crippen molar-refractivity contribution < 1.29 is 9.18 Å². The molecule has 0 aliphatic carbocycles. The number of aryl methyl sites for hydroxylation is 2. The van der Waals surface area contributed by atoms with Gasteiger partial charge in [0.05, 0.1) is 22.3 Å². The maximum Gasteiger partial charge on any atom is 0.253 e. The summed E-state index contributed by atoms with van der Waals surface area (Å²) < 4.78 is 13.0. The first kappa shape index (κ1) is 15.9. The lowest BCUT2D eigenvalue weighted by Gasteiger charge is -2.15. The van der Waals surface area contributed by atoms with Crippen LogP contribution in [0, 0.1) is 19.7 Å². The smallest absolute Gasteiger partial charge is 0.253 e. The van der Waals surface area contributed by atoms with Crippen LogP contribution in [0.15, 0.2) is 18.2 Å². The van der Waals surface area contributed by atoms with Gasteiger partial charge in [-0.3, -0.25) is 4.79 Å². The Kier molecular flexibility index (Phi) is 4.96. The lowest BCUT2D eigenvalue weighted by molar-refractivity contribution is 0.0935. The largest absolute Gasteiger partial charge is 0.343 e. The third-order valence-electron chi connectivity index (χ3n) is 3.23. The number of benzene rings is 1. The van der Waals surface area contributed by atoms with E-state index in [0.29, 0.717) is 0 Å². The van der Waals surface area contributed by atoms with Gasteiger partial charge in [-0.05, 0) is 38.5 Å². The zero-order valence-corrected chi connectivity index (χ0v) is 13.6. The van der Waals surface area contributed by atoms with Crippen LogP contribution in [0.5, 0.6) is 0 Å². The molecule has 1 atom stereocenters. The van der Waals surface area contributed by atoms with E-state index < -0.39 is 5.82 Å². The van der Waals surface area contributed by atoms with Gasteiger partial charge < -0.3 is 5.32 Å². The molecule has 6 heteroatoms. The minimum absolute atomic E-state index is 0.105. The molecule has 0 saturated carbocycles. The van der Waals surface area contributed by atoms with Crippen molar-refractivity contribution in [2.24, 2.45) is 0 Å². The molecule has 1 amide bonds. The number of halogens is 2. The van der Waals surface area contributed by atoms with Gasteiger partial charge in [0.25, 0.3) is 5.91 Å². The molecular formula is C15H16ClFN2OS. The SMILES string of the molecule is CCC(NC(=O)c1ccc(F)cc1Cl)c1nc(C)c(C)s1. The molecule has 2 rings (SSSR count). The summed E-state index contributed by atoms with van der Waals surface area (Å²) in [4.78, 5) is 17.9. The third kappa shape index (κ3) is 3.60. The van der Waals surface area contributed by atoms with Crippen molar-refractivity contribution in [3.05, 3.63) is 50.2 Å². The van der Waals surface area contributed by atoms with Crippen LogP contribution < -0.4 is 5.32 Å². The molecule has 1 unspecified atom stereocenters. The zero-order chi connectivity index (χ0) is 15.6. The first-order chi connectivity index (χ1) is 9.92. The van der Waals surface area contributed by atoms with Gasteiger partial charge in [-0.25, -0.2) is 9.37 Å². The van der Waals surface area contributed by atoms with Crippen LogP contribution in [-0.4, -0.2) is 10.9 Å². The van der Waals surface area contributed by atoms with E-state index >= 15 is 0 Å². The number of carbonyl (C=O) groups is 1. The quantitative estimate of drug-likeness (QED) is 0.902. The third-order valence-corrected chi connectivity index (χ3v) is 4.73. The minimum atomic E-state index is -0.463. The van der Waals surface area contributed by atoms with Crippen LogP contribution >= 0.6 is 22.9 Å². The molecule has 0 fully saturated rings. The van der Waals surface area contributed by atoms with Crippen molar-refractivity contribution in [3.63, 3.8) is 0 Å². The van der Waals surface area contributed by atoms with Crippen LogP contribution in [0.25, 0.3) is 0 Å². The maximum atomic E-state index is 13.0. The topological polar surface area (TPSA) is 42.0 Å². The van der Waals surface area contributed by atoms with Crippen LogP contribution in [-0.2, 0) is 0 Å². The number of carbonyl (C=O) groups excluding carboxylic acids is 1. The van der Waals surface area contributed by atoms with Crippen molar-refractivity contribution in [3.8, 4) is 0 Å². The minimum Gasteiger partial charge on any atom is -0.343 e. The Bertz CT molecular complexity index is 652. The second kappa shape index (κ2) is 6.54. The highest BCUT2D eigenvalue weighted by Crippen LogP contribution is 2.26. The Morgan fingerprint density at radius 2 is 2.19 bits per heavy atom. The standard InChI is InChI=1S/C15H16ClFN2OS/c1-4-13(15-18-8(2)9(3)21-15)19-14(20)11-6-5-10(17)7-12(11)16/h5-7,13H,4H2,1-3H3,(H,19,20). The van der Waals surface area contributed by atoms with E-state index in [0.717, 1.165) is 28.1 Å². The summed E-state index contributed by atoms with van der Waals surface area (Å²) in [6.07, 6.45) is 0.719.